The van der Waals surface area contributed by atoms with E-state index in [1.807, 2.05) is 13.8 Å². The molecule has 4 nitrogen and oxygen atoms in total. The Morgan fingerprint density at radius 1 is 1.18 bits per heavy atom. The Morgan fingerprint density at radius 3 is 2.64 bits per heavy atom. The summed E-state index contributed by atoms with van der Waals surface area (Å²) in [4.78, 5) is 4.12. The molecule has 56 valence electrons. The highest BCUT2D eigenvalue weighted by Gasteiger charge is 2.06. The van der Waals surface area contributed by atoms with Gasteiger partial charge >= 0.3 is 0 Å². The van der Waals surface area contributed by atoms with Gasteiger partial charge in [-0.3, -0.25) is 4.98 Å². The Morgan fingerprint density at radius 2 is 1.91 bits per heavy atom. The lowest BCUT2D eigenvalue weighted by molar-refractivity contribution is 0.315. The average molecular weight is 149 g/mol. The third-order valence-corrected chi connectivity index (χ3v) is 1.66. The summed E-state index contributed by atoms with van der Waals surface area (Å²) in [6.45, 7) is 3.81. The first kappa shape index (κ1) is 6.27. The molecule has 2 heterocycles. The molecule has 0 spiro atoms. The molecule has 11 heavy (non-hydrogen) atoms. The molecular formula is C7H7N3O. The zero-order valence-corrected chi connectivity index (χ0v) is 6.33. The standard InChI is InChI=1S/C7H7N3O/c1-4-3-8-5(2)7-6(4)9-11-10-7/h3H,1-2H3. The second kappa shape index (κ2) is 2.02. The molecule has 0 unspecified atom stereocenters. The maximum Gasteiger partial charge on any atom is 0.156 e. The number of pyridine rings is 1. The largest absolute Gasteiger partial charge is 0.259 e. The number of nitrogens with zero attached hydrogens (tertiary/aromatic N) is 3. The van der Waals surface area contributed by atoms with Crippen LogP contribution >= 0.6 is 0 Å². The normalized spacial score (nSPS) is 10.7. The van der Waals surface area contributed by atoms with Gasteiger partial charge in [0.1, 0.15) is 5.52 Å². The molecule has 4 heteroatoms. The highest BCUT2D eigenvalue weighted by atomic mass is 16.6. The maximum atomic E-state index is 4.59. The van der Waals surface area contributed by atoms with Crippen molar-refractivity contribution in [1.29, 1.82) is 0 Å². The summed E-state index contributed by atoms with van der Waals surface area (Å²) in [7, 11) is 0. The fraction of sp³-hybridized carbons (Fsp3) is 0.286. The van der Waals surface area contributed by atoms with Gasteiger partial charge in [-0.2, -0.15) is 0 Å². The Labute approximate surface area is 63.2 Å². The molecule has 2 rings (SSSR count). The van der Waals surface area contributed by atoms with Crippen LogP contribution < -0.4 is 0 Å². The van der Waals surface area contributed by atoms with E-state index < -0.39 is 0 Å². The lowest BCUT2D eigenvalue weighted by atomic mass is 10.2. The van der Waals surface area contributed by atoms with Gasteiger partial charge in [-0.25, -0.2) is 4.63 Å². The van der Waals surface area contributed by atoms with Crippen molar-refractivity contribution in [3.63, 3.8) is 0 Å². The van der Waals surface area contributed by atoms with Crippen molar-refractivity contribution in [1.82, 2.24) is 15.3 Å². The molecule has 2 aromatic heterocycles. The molecule has 0 atom stereocenters. The van der Waals surface area contributed by atoms with Crippen molar-refractivity contribution in [3.8, 4) is 0 Å². The van der Waals surface area contributed by atoms with Crippen molar-refractivity contribution in [3.05, 3.63) is 17.5 Å². The van der Waals surface area contributed by atoms with E-state index in [9.17, 15) is 0 Å². The van der Waals surface area contributed by atoms with E-state index >= 15 is 0 Å². The van der Waals surface area contributed by atoms with Crippen LogP contribution in [0, 0.1) is 13.8 Å². The Bertz CT molecular complexity index is 357. The van der Waals surface area contributed by atoms with Crippen molar-refractivity contribution >= 4 is 11.0 Å². The maximum absolute atomic E-state index is 4.59. The van der Waals surface area contributed by atoms with Gasteiger partial charge in [0.25, 0.3) is 0 Å². The molecule has 0 bridgehead atoms. The van der Waals surface area contributed by atoms with E-state index in [2.05, 4.69) is 19.9 Å². The van der Waals surface area contributed by atoms with Gasteiger partial charge in [0.2, 0.25) is 0 Å². The predicted molar refractivity (Wildman–Crippen MR) is 39.1 cm³/mol. The van der Waals surface area contributed by atoms with Crippen LogP contribution in [0.5, 0.6) is 0 Å². The topological polar surface area (TPSA) is 51.8 Å². The van der Waals surface area contributed by atoms with Gasteiger partial charge in [-0.1, -0.05) is 0 Å². The van der Waals surface area contributed by atoms with Crippen molar-refractivity contribution in [2.75, 3.05) is 0 Å². The number of aromatic nitrogens is 3. The van der Waals surface area contributed by atoms with E-state index in [0.717, 1.165) is 22.3 Å². The summed E-state index contributed by atoms with van der Waals surface area (Å²) in [5.41, 5.74) is 3.40. The predicted octanol–water partition coefficient (Wildman–Crippen LogP) is 1.23. The summed E-state index contributed by atoms with van der Waals surface area (Å²) in [6, 6.07) is 0. The van der Waals surface area contributed by atoms with Crippen LogP contribution in [0.2, 0.25) is 0 Å². The van der Waals surface area contributed by atoms with Crippen molar-refractivity contribution < 1.29 is 4.63 Å². The molecule has 0 fully saturated rings. The fourth-order valence-electron chi connectivity index (χ4n) is 1.00. The minimum absolute atomic E-state index is 0.755. The molecule has 0 radical (unpaired) electrons. The zero-order valence-electron chi connectivity index (χ0n) is 6.33. The number of rotatable bonds is 0. The van der Waals surface area contributed by atoms with E-state index in [0.29, 0.717) is 0 Å². The highest BCUT2D eigenvalue weighted by molar-refractivity contribution is 5.78. The lowest BCUT2D eigenvalue weighted by Gasteiger charge is -1.92. The van der Waals surface area contributed by atoms with Crippen LogP contribution in [-0.4, -0.2) is 15.3 Å². The van der Waals surface area contributed by atoms with Gasteiger partial charge in [0.15, 0.2) is 5.52 Å². The number of fused-ring (bicyclic) bond motifs is 1. The molecule has 0 aliphatic carbocycles. The average Bonchev–Trinajstić information content (AvgIpc) is 2.45. The van der Waals surface area contributed by atoms with Gasteiger partial charge in [-0.15, -0.1) is 0 Å². The van der Waals surface area contributed by atoms with E-state index in [1.165, 1.54) is 0 Å². The minimum Gasteiger partial charge on any atom is -0.259 e. The third kappa shape index (κ3) is 0.790. The molecule has 0 aliphatic rings. The van der Waals surface area contributed by atoms with Gasteiger partial charge < -0.3 is 0 Å². The molecule has 0 aromatic carbocycles. The van der Waals surface area contributed by atoms with E-state index in [1.54, 1.807) is 6.20 Å². The summed E-state index contributed by atoms with van der Waals surface area (Å²) >= 11 is 0. The van der Waals surface area contributed by atoms with Crippen LogP contribution in [0.1, 0.15) is 11.3 Å². The van der Waals surface area contributed by atoms with Gasteiger partial charge in [0.05, 0.1) is 5.69 Å². The highest BCUT2D eigenvalue weighted by Crippen LogP contribution is 2.14. The number of hydrogen-bond donors (Lipinski definition) is 0. The van der Waals surface area contributed by atoms with Crippen LogP contribution in [0.3, 0.4) is 0 Å². The minimum atomic E-state index is 0.755. The molecule has 0 aliphatic heterocycles. The SMILES string of the molecule is Cc1cnc(C)c2nonc12. The molecule has 2 aromatic rings. The quantitative estimate of drug-likeness (QED) is 0.565. The van der Waals surface area contributed by atoms with E-state index in [4.69, 9.17) is 0 Å². The lowest BCUT2D eigenvalue weighted by Crippen LogP contribution is -1.85. The Kier molecular flexibility index (Phi) is 1.15. The summed E-state index contributed by atoms with van der Waals surface area (Å²) in [5, 5.41) is 7.48. The molecule has 0 amide bonds. The second-order valence-electron chi connectivity index (χ2n) is 2.49. The Hall–Kier alpha value is -1.45. The Balaban J connectivity index is 2.96. The number of aryl methyl sites for hydroxylation is 2. The summed E-state index contributed by atoms with van der Waals surface area (Å²) in [5.74, 6) is 0. The van der Waals surface area contributed by atoms with Crippen molar-refractivity contribution in [2.24, 2.45) is 0 Å². The first-order valence-electron chi connectivity index (χ1n) is 3.33. The molecule has 0 saturated heterocycles. The monoisotopic (exact) mass is 149 g/mol. The molecular weight excluding hydrogens is 142 g/mol. The van der Waals surface area contributed by atoms with Crippen LogP contribution in [0.15, 0.2) is 10.8 Å². The van der Waals surface area contributed by atoms with Crippen molar-refractivity contribution in [2.45, 2.75) is 13.8 Å². The fourth-order valence-corrected chi connectivity index (χ4v) is 1.00. The third-order valence-electron chi connectivity index (χ3n) is 1.66. The first-order chi connectivity index (χ1) is 5.29. The molecule has 0 N–H and O–H groups in total. The van der Waals surface area contributed by atoms with Gasteiger partial charge in [0, 0.05) is 6.20 Å². The van der Waals surface area contributed by atoms with Crippen LogP contribution in [0.25, 0.3) is 11.0 Å². The first-order valence-corrected chi connectivity index (χ1v) is 3.33. The zero-order chi connectivity index (χ0) is 7.84. The second-order valence-corrected chi connectivity index (χ2v) is 2.49. The van der Waals surface area contributed by atoms with Crippen LogP contribution in [-0.2, 0) is 0 Å². The molecule has 0 saturated carbocycles. The summed E-state index contributed by atoms with van der Waals surface area (Å²) in [6.07, 6.45) is 1.77. The smallest absolute Gasteiger partial charge is 0.156 e. The summed E-state index contributed by atoms with van der Waals surface area (Å²) < 4.78 is 4.59. The number of hydrogen-bond acceptors (Lipinski definition) is 4. The van der Waals surface area contributed by atoms with Crippen LogP contribution in [0.4, 0.5) is 0 Å². The van der Waals surface area contributed by atoms with E-state index in [-0.39, 0.29) is 0 Å². The van der Waals surface area contributed by atoms with Gasteiger partial charge in [-0.05, 0) is 29.7 Å².